The second kappa shape index (κ2) is 24.7. The SMILES string of the molecule is CCC(C)(CO)OCC(O)CC(C)(CC)OCCCC(C)(CC)OCCCC(C)(CC)OCCCOCC(O)COCCCO. The number of rotatable bonds is 32. The highest BCUT2D eigenvalue weighted by molar-refractivity contribution is 4.80. The highest BCUT2D eigenvalue weighted by Gasteiger charge is 2.30. The van der Waals surface area contributed by atoms with Crippen LogP contribution in [0.1, 0.15) is 126 Å². The summed E-state index contributed by atoms with van der Waals surface area (Å²) in [7, 11) is 0. The first kappa shape index (κ1) is 44.6. The molecule has 4 N–H and O–H groups in total. The lowest BCUT2D eigenvalue weighted by atomic mass is 9.94. The van der Waals surface area contributed by atoms with Crippen LogP contribution in [0, 0.1) is 0 Å². The number of hydrogen-bond acceptors (Lipinski definition) is 10. The molecule has 0 radical (unpaired) electrons. The molecule has 0 bridgehead atoms. The van der Waals surface area contributed by atoms with Crippen LogP contribution in [0.2, 0.25) is 0 Å². The highest BCUT2D eigenvalue weighted by atomic mass is 16.5. The Bertz CT molecular complexity index is 693. The van der Waals surface area contributed by atoms with Gasteiger partial charge in [-0.05, 0) is 91.9 Å². The van der Waals surface area contributed by atoms with Gasteiger partial charge in [0.2, 0.25) is 0 Å². The molecule has 10 heteroatoms. The topological polar surface area (TPSA) is 136 Å². The molecule has 0 aliphatic carbocycles. The van der Waals surface area contributed by atoms with E-state index in [9.17, 15) is 15.3 Å². The van der Waals surface area contributed by atoms with Crippen molar-refractivity contribution in [2.24, 2.45) is 0 Å². The van der Waals surface area contributed by atoms with E-state index in [1.54, 1.807) is 0 Å². The van der Waals surface area contributed by atoms with E-state index in [1.165, 1.54) is 0 Å². The van der Waals surface area contributed by atoms with E-state index in [-0.39, 0.29) is 44.2 Å². The van der Waals surface area contributed by atoms with Gasteiger partial charge in [-0.1, -0.05) is 27.7 Å². The third-order valence-corrected chi connectivity index (χ3v) is 9.17. The fourth-order valence-corrected chi connectivity index (χ4v) is 4.78. The average molecular weight is 653 g/mol. The number of aliphatic hydroxyl groups excluding tert-OH is 4. The van der Waals surface area contributed by atoms with Crippen molar-refractivity contribution in [2.75, 3.05) is 66.1 Å². The van der Waals surface area contributed by atoms with Crippen LogP contribution < -0.4 is 0 Å². The summed E-state index contributed by atoms with van der Waals surface area (Å²) in [4.78, 5) is 0. The molecule has 0 heterocycles. The van der Waals surface area contributed by atoms with E-state index >= 15 is 0 Å². The number of ether oxygens (including phenoxy) is 6. The maximum atomic E-state index is 10.6. The zero-order valence-corrected chi connectivity index (χ0v) is 30.2. The monoisotopic (exact) mass is 653 g/mol. The van der Waals surface area contributed by atoms with Crippen LogP contribution >= 0.6 is 0 Å². The lowest BCUT2D eigenvalue weighted by Gasteiger charge is -2.34. The first-order valence-corrected chi connectivity index (χ1v) is 17.6. The van der Waals surface area contributed by atoms with Gasteiger partial charge in [-0.25, -0.2) is 0 Å². The van der Waals surface area contributed by atoms with Gasteiger partial charge in [0.15, 0.2) is 0 Å². The zero-order valence-electron chi connectivity index (χ0n) is 30.2. The molecule has 0 saturated heterocycles. The van der Waals surface area contributed by atoms with Crippen LogP contribution in [0.4, 0.5) is 0 Å². The summed E-state index contributed by atoms with van der Waals surface area (Å²) in [5.41, 5.74) is -1.50. The van der Waals surface area contributed by atoms with Crippen LogP contribution in [-0.4, -0.2) is 121 Å². The Morgan fingerprint density at radius 2 is 0.933 bits per heavy atom. The molecule has 10 nitrogen and oxygen atoms in total. The zero-order chi connectivity index (χ0) is 34.2. The minimum atomic E-state index is -0.663. The summed E-state index contributed by atoms with van der Waals surface area (Å²) in [6.07, 6.45) is 7.36. The molecule has 0 rings (SSSR count). The van der Waals surface area contributed by atoms with Gasteiger partial charge in [-0.3, -0.25) is 0 Å². The average Bonchev–Trinajstić information content (AvgIpc) is 3.04. The van der Waals surface area contributed by atoms with Crippen molar-refractivity contribution in [3.05, 3.63) is 0 Å². The third kappa shape index (κ3) is 21.2. The molecule has 272 valence electrons. The maximum absolute atomic E-state index is 10.6. The quantitative estimate of drug-likeness (QED) is 0.0719. The molecule has 0 aromatic carbocycles. The fraction of sp³-hybridized carbons (Fsp3) is 1.00. The Kier molecular flexibility index (Phi) is 24.5. The lowest BCUT2D eigenvalue weighted by molar-refractivity contribution is -0.121. The Morgan fingerprint density at radius 1 is 0.489 bits per heavy atom. The van der Waals surface area contributed by atoms with E-state index in [0.29, 0.717) is 52.3 Å². The van der Waals surface area contributed by atoms with Crippen molar-refractivity contribution in [2.45, 2.75) is 161 Å². The minimum absolute atomic E-state index is 0.0728. The molecular formula is C35H72O10. The second-order valence-corrected chi connectivity index (χ2v) is 13.5. The fourth-order valence-electron chi connectivity index (χ4n) is 4.78. The van der Waals surface area contributed by atoms with Gasteiger partial charge in [-0.2, -0.15) is 0 Å². The van der Waals surface area contributed by atoms with Crippen LogP contribution in [-0.2, 0) is 28.4 Å². The molecule has 0 aliphatic rings. The standard InChI is InChI=1S/C35H72O10/c1-9-32(5,18-14-23-44-34(7,11-3)25-30(38)28-45-35(8,12-4)29-37)42-22-13-17-33(6,10-2)43-24-16-21-41-27-31(39)26-40-20-15-19-36/h30-31,36-39H,9-29H2,1-8H3. The van der Waals surface area contributed by atoms with Gasteiger partial charge >= 0.3 is 0 Å². The van der Waals surface area contributed by atoms with Crippen LogP contribution in [0.15, 0.2) is 0 Å². The van der Waals surface area contributed by atoms with Crippen molar-refractivity contribution in [1.82, 2.24) is 0 Å². The van der Waals surface area contributed by atoms with Crippen LogP contribution in [0.5, 0.6) is 0 Å². The summed E-state index contributed by atoms with van der Waals surface area (Å²) >= 11 is 0. The first-order valence-electron chi connectivity index (χ1n) is 17.6. The molecule has 0 amide bonds. The van der Waals surface area contributed by atoms with Gasteiger partial charge in [0.05, 0.1) is 54.9 Å². The van der Waals surface area contributed by atoms with Crippen molar-refractivity contribution in [1.29, 1.82) is 0 Å². The van der Waals surface area contributed by atoms with Crippen LogP contribution in [0.25, 0.3) is 0 Å². The summed E-state index contributed by atoms with van der Waals surface area (Å²) < 4.78 is 35.5. The first-order chi connectivity index (χ1) is 21.3. The van der Waals surface area contributed by atoms with Gasteiger partial charge in [0, 0.05) is 46.1 Å². The molecule has 0 fully saturated rings. The van der Waals surface area contributed by atoms with Crippen molar-refractivity contribution in [3.8, 4) is 0 Å². The van der Waals surface area contributed by atoms with Gasteiger partial charge < -0.3 is 48.8 Å². The molecule has 0 aromatic rings. The molecule has 0 aliphatic heterocycles. The van der Waals surface area contributed by atoms with Gasteiger partial charge in [0.25, 0.3) is 0 Å². The van der Waals surface area contributed by atoms with Crippen molar-refractivity contribution < 1.29 is 48.8 Å². The molecule has 45 heavy (non-hydrogen) atoms. The van der Waals surface area contributed by atoms with E-state index < -0.39 is 23.4 Å². The second-order valence-electron chi connectivity index (χ2n) is 13.5. The van der Waals surface area contributed by atoms with E-state index in [1.807, 2.05) is 20.8 Å². The summed E-state index contributed by atoms with van der Waals surface area (Å²) in [5.74, 6) is 0. The predicted molar refractivity (Wildman–Crippen MR) is 179 cm³/mol. The molecule has 0 aromatic heterocycles. The predicted octanol–water partition coefficient (Wildman–Crippen LogP) is 5.20. The highest BCUT2D eigenvalue weighted by Crippen LogP contribution is 2.28. The smallest absolute Gasteiger partial charge is 0.101 e. The van der Waals surface area contributed by atoms with Crippen molar-refractivity contribution in [3.63, 3.8) is 0 Å². The summed E-state index contributed by atoms with van der Waals surface area (Å²) in [5, 5.41) is 38.8. The Morgan fingerprint density at radius 3 is 1.38 bits per heavy atom. The lowest BCUT2D eigenvalue weighted by Crippen LogP contribution is -2.39. The van der Waals surface area contributed by atoms with E-state index in [4.69, 9.17) is 33.5 Å². The van der Waals surface area contributed by atoms with Crippen LogP contribution in [0.3, 0.4) is 0 Å². The van der Waals surface area contributed by atoms with E-state index in [0.717, 1.165) is 51.4 Å². The Balaban J connectivity index is 4.34. The largest absolute Gasteiger partial charge is 0.396 e. The summed E-state index contributed by atoms with van der Waals surface area (Å²) in [6, 6.07) is 0. The van der Waals surface area contributed by atoms with Gasteiger partial charge in [0.1, 0.15) is 6.10 Å². The van der Waals surface area contributed by atoms with Gasteiger partial charge in [-0.15, -0.1) is 0 Å². The Labute approximate surface area is 275 Å². The van der Waals surface area contributed by atoms with E-state index in [2.05, 4.69) is 34.6 Å². The summed E-state index contributed by atoms with van der Waals surface area (Å²) in [6.45, 7) is 20.0. The minimum Gasteiger partial charge on any atom is -0.396 e. The molecule has 6 unspecified atom stereocenters. The normalized spacial score (nSPS) is 18.9. The third-order valence-electron chi connectivity index (χ3n) is 9.17. The Hall–Kier alpha value is -0.400. The van der Waals surface area contributed by atoms with Crippen molar-refractivity contribution >= 4 is 0 Å². The molecule has 0 saturated carbocycles. The molecule has 0 spiro atoms. The molecule has 6 atom stereocenters. The maximum Gasteiger partial charge on any atom is 0.101 e. The molecular weight excluding hydrogens is 580 g/mol. The number of hydrogen-bond donors (Lipinski definition) is 4. The number of aliphatic hydroxyl groups is 4.